The molecule has 27 heavy (non-hydrogen) atoms. The number of guanidine groups is 1. The largest absolute Gasteiger partial charge is 0.381 e. The van der Waals surface area contributed by atoms with E-state index in [2.05, 4.69) is 74.4 Å². The predicted octanol–water partition coefficient (Wildman–Crippen LogP) is 3.40. The Labute approximate surface area is 182 Å². The molecular formula is C21H37IN4O. The van der Waals surface area contributed by atoms with Crippen molar-refractivity contribution in [2.24, 2.45) is 10.9 Å². The lowest BCUT2D eigenvalue weighted by atomic mass is 10.0. The second-order valence-corrected chi connectivity index (χ2v) is 7.38. The van der Waals surface area contributed by atoms with Crippen LogP contribution in [0.5, 0.6) is 0 Å². The molecule has 2 rings (SSSR count). The van der Waals surface area contributed by atoms with E-state index in [1.165, 1.54) is 11.1 Å². The van der Waals surface area contributed by atoms with Gasteiger partial charge in [-0.05, 0) is 45.0 Å². The van der Waals surface area contributed by atoms with E-state index < -0.39 is 0 Å². The van der Waals surface area contributed by atoms with Crippen molar-refractivity contribution >= 4 is 29.9 Å². The van der Waals surface area contributed by atoms with E-state index in [4.69, 9.17) is 9.73 Å². The zero-order chi connectivity index (χ0) is 18.9. The summed E-state index contributed by atoms with van der Waals surface area (Å²) in [6.45, 7) is 8.68. The lowest BCUT2D eigenvalue weighted by Crippen LogP contribution is -2.42. The normalized spacial score (nSPS) is 18.3. The van der Waals surface area contributed by atoms with Crippen LogP contribution in [0.25, 0.3) is 0 Å². The second-order valence-electron chi connectivity index (χ2n) is 7.38. The van der Waals surface area contributed by atoms with Gasteiger partial charge in [-0.1, -0.05) is 31.2 Å². The Balaban J connectivity index is 0.00000364. The zero-order valence-electron chi connectivity index (χ0n) is 17.6. The average Bonchev–Trinajstić information content (AvgIpc) is 3.14. The quantitative estimate of drug-likeness (QED) is 0.346. The number of halogens is 1. The number of hydrogen-bond donors (Lipinski definition) is 1. The number of benzene rings is 1. The molecule has 0 aromatic heterocycles. The fraction of sp³-hybridized carbons (Fsp3) is 0.667. The fourth-order valence-electron chi connectivity index (χ4n) is 3.39. The van der Waals surface area contributed by atoms with E-state index >= 15 is 0 Å². The summed E-state index contributed by atoms with van der Waals surface area (Å²) in [5.74, 6) is 1.59. The molecule has 1 heterocycles. The molecule has 1 fully saturated rings. The van der Waals surface area contributed by atoms with Gasteiger partial charge in [0.25, 0.3) is 0 Å². The molecule has 1 aliphatic rings. The van der Waals surface area contributed by atoms with Gasteiger partial charge in [0.2, 0.25) is 0 Å². The SMILES string of the molecule is CCNC(=NCC(c1ccc(CC)cc1)N(C)C)N(C)CC1CCOC1.I. The van der Waals surface area contributed by atoms with Gasteiger partial charge in [-0.25, -0.2) is 0 Å². The molecule has 5 nitrogen and oxygen atoms in total. The molecule has 0 bridgehead atoms. The summed E-state index contributed by atoms with van der Waals surface area (Å²) in [5, 5.41) is 3.44. The highest BCUT2D eigenvalue weighted by atomic mass is 127. The number of nitrogens with zero attached hydrogens (tertiary/aromatic N) is 3. The van der Waals surface area contributed by atoms with Gasteiger partial charge in [-0.2, -0.15) is 0 Å². The van der Waals surface area contributed by atoms with Crippen molar-refractivity contribution in [2.45, 2.75) is 32.7 Å². The van der Waals surface area contributed by atoms with Gasteiger partial charge in [-0.15, -0.1) is 24.0 Å². The van der Waals surface area contributed by atoms with E-state index in [0.717, 1.165) is 51.6 Å². The number of aliphatic imine (C=N–C) groups is 1. The molecule has 1 aromatic rings. The van der Waals surface area contributed by atoms with E-state index in [1.807, 2.05) is 0 Å². The van der Waals surface area contributed by atoms with Crippen molar-refractivity contribution in [3.63, 3.8) is 0 Å². The minimum absolute atomic E-state index is 0. The van der Waals surface area contributed by atoms with Crippen LogP contribution in [0, 0.1) is 5.92 Å². The monoisotopic (exact) mass is 488 g/mol. The second kappa shape index (κ2) is 12.6. The molecule has 0 radical (unpaired) electrons. The maximum atomic E-state index is 5.51. The van der Waals surface area contributed by atoms with Crippen LogP contribution in [0.15, 0.2) is 29.3 Å². The van der Waals surface area contributed by atoms with E-state index in [-0.39, 0.29) is 30.0 Å². The molecule has 0 saturated carbocycles. The number of aryl methyl sites for hydroxylation is 1. The van der Waals surface area contributed by atoms with Crippen molar-refractivity contribution < 1.29 is 4.74 Å². The van der Waals surface area contributed by atoms with Crippen LogP contribution in [-0.2, 0) is 11.2 Å². The first-order chi connectivity index (χ1) is 12.5. The first-order valence-corrected chi connectivity index (χ1v) is 9.87. The van der Waals surface area contributed by atoms with Crippen LogP contribution >= 0.6 is 24.0 Å². The summed E-state index contributed by atoms with van der Waals surface area (Å²) in [6.07, 6.45) is 2.22. The highest BCUT2D eigenvalue weighted by Gasteiger charge is 2.20. The lowest BCUT2D eigenvalue weighted by Gasteiger charge is -2.27. The summed E-state index contributed by atoms with van der Waals surface area (Å²) in [4.78, 5) is 9.44. The van der Waals surface area contributed by atoms with Gasteiger partial charge in [-0.3, -0.25) is 4.99 Å². The van der Waals surface area contributed by atoms with Gasteiger partial charge >= 0.3 is 0 Å². The number of rotatable bonds is 8. The topological polar surface area (TPSA) is 40.1 Å². The van der Waals surface area contributed by atoms with E-state index in [1.54, 1.807) is 0 Å². The Morgan fingerprint density at radius 2 is 1.93 bits per heavy atom. The highest BCUT2D eigenvalue weighted by Crippen LogP contribution is 2.20. The molecule has 0 spiro atoms. The summed E-state index contributed by atoms with van der Waals surface area (Å²) in [6, 6.07) is 9.22. The third-order valence-electron chi connectivity index (χ3n) is 5.06. The molecule has 0 amide bonds. The standard InChI is InChI=1S/C21H36N4O.HI/c1-6-17-8-10-19(11-9-17)20(24(3)4)14-23-21(22-7-2)25(5)15-18-12-13-26-16-18;/h8-11,18,20H,6-7,12-16H2,1-5H3,(H,22,23);1H. The Morgan fingerprint density at radius 3 is 2.44 bits per heavy atom. The third kappa shape index (κ3) is 7.58. The molecular weight excluding hydrogens is 451 g/mol. The van der Waals surface area contributed by atoms with Crippen molar-refractivity contribution in [3.05, 3.63) is 35.4 Å². The molecule has 6 heteroatoms. The van der Waals surface area contributed by atoms with Gasteiger partial charge in [0.1, 0.15) is 0 Å². The first-order valence-electron chi connectivity index (χ1n) is 9.87. The summed E-state index contributed by atoms with van der Waals surface area (Å²) >= 11 is 0. The number of hydrogen-bond acceptors (Lipinski definition) is 3. The minimum atomic E-state index is 0. The first kappa shape index (κ1) is 24.2. The highest BCUT2D eigenvalue weighted by molar-refractivity contribution is 14.0. The Bertz CT molecular complexity index is 556. The van der Waals surface area contributed by atoms with Crippen molar-refractivity contribution in [1.82, 2.24) is 15.1 Å². The average molecular weight is 488 g/mol. The van der Waals surface area contributed by atoms with Crippen molar-refractivity contribution in [1.29, 1.82) is 0 Å². The van der Waals surface area contributed by atoms with Crippen LogP contribution in [-0.4, -0.2) is 69.8 Å². The van der Waals surface area contributed by atoms with Gasteiger partial charge < -0.3 is 19.9 Å². The molecule has 1 saturated heterocycles. The molecule has 154 valence electrons. The van der Waals surface area contributed by atoms with Gasteiger partial charge in [0, 0.05) is 32.7 Å². The van der Waals surface area contributed by atoms with Crippen LogP contribution in [0.2, 0.25) is 0 Å². The Morgan fingerprint density at radius 1 is 1.22 bits per heavy atom. The summed E-state index contributed by atoms with van der Waals surface area (Å²) in [5.41, 5.74) is 2.69. The Hall–Kier alpha value is -0.860. The smallest absolute Gasteiger partial charge is 0.193 e. The number of nitrogens with one attached hydrogen (secondary N) is 1. The molecule has 1 aromatic carbocycles. The maximum absolute atomic E-state index is 5.51. The van der Waals surface area contributed by atoms with E-state index in [0.29, 0.717) is 5.92 Å². The van der Waals surface area contributed by atoms with Crippen molar-refractivity contribution in [3.8, 4) is 0 Å². The number of likely N-dealkylation sites (N-methyl/N-ethyl adjacent to an activating group) is 1. The van der Waals surface area contributed by atoms with Crippen LogP contribution in [0.4, 0.5) is 0 Å². The molecule has 1 aliphatic heterocycles. The third-order valence-corrected chi connectivity index (χ3v) is 5.06. The molecule has 2 unspecified atom stereocenters. The number of ether oxygens (including phenoxy) is 1. The summed E-state index contributed by atoms with van der Waals surface area (Å²) in [7, 11) is 6.38. The molecule has 2 atom stereocenters. The van der Waals surface area contributed by atoms with Crippen LogP contribution in [0.3, 0.4) is 0 Å². The zero-order valence-corrected chi connectivity index (χ0v) is 19.9. The summed E-state index contributed by atoms with van der Waals surface area (Å²) < 4.78 is 5.51. The molecule has 0 aliphatic carbocycles. The lowest BCUT2D eigenvalue weighted by molar-refractivity contribution is 0.181. The van der Waals surface area contributed by atoms with Crippen molar-refractivity contribution in [2.75, 3.05) is 54.0 Å². The van der Waals surface area contributed by atoms with Gasteiger partial charge in [0.15, 0.2) is 5.96 Å². The fourth-order valence-corrected chi connectivity index (χ4v) is 3.39. The Kier molecular flexibility index (Phi) is 11.3. The van der Waals surface area contributed by atoms with Crippen LogP contribution in [0.1, 0.15) is 37.4 Å². The molecule has 1 N–H and O–H groups in total. The van der Waals surface area contributed by atoms with Crippen LogP contribution < -0.4 is 5.32 Å². The van der Waals surface area contributed by atoms with Gasteiger partial charge in [0.05, 0.1) is 19.2 Å². The maximum Gasteiger partial charge on any atom is 0.193 e. The van der Waals surface area contributed by atoms with E-state index in [9.17, 15) is 0 Å². The predicted molar refractivity (Wildman–Crippen MR) is 125 cm³/mol. The minimum Gasteiger partial charge on any atom is -0.381 e.